The number of hydrogen-bond acceptors (Lipinski definition) is 8. The van der Waals surface area contributed by atoms with Gasteiger partial charge in [0.15, 0.2) is 17.3 Å². The number of hydrogen-bond donors (Lipinski definition) is 3. The van der Waals surface area contributed by atoms with Crippen LogP contribution in [0.4, 0.5) is 0 Å². The molecule has 0 spiro atoms. The highest BCUT2D eigenvalue weighted by molar-refractivity contribution is 6.47. The van der Waals surface area contributed by atoms with E-state index in [2.05, 4.69) is 15.6 Å². The first-order chi connectivity index (χ1) is 13.9. The lowest BCUT2D eigenvalue weighted by Gasteiger charge is -2.28. The highest BCUT2D eigenvalue weighted by Gasteiger charge is 2.37. The minimum Gasteiger partial charge on any atom is -0.535 e. The fraction of sp³-hybridized carbons (Fsp3) is 0.389. The van der Waals surface area contributed by atoms with E-state index in [1.807, 2.05) is 6.07 Å². The maximum absolute atomic E-state index is 12.4. The predicted molar refractivity (Wildman–Crippen MR) is 104 cm³/mol. The zero-order chi connectivity index (χ0) is 21.0. The van der Waals surface area contributed by atoms with Gasteiger partial charge in [0, 0.05) is 25.3 Å². The van der Waals surface area contributed by atoms with Crippen molar-refractivity contribution in [1.82, 2.24) is 20.3 Å². The van der Waals surface area contributed by atoms with Gasteiger partial charge in [-0.05, 0) is 25.0 Å². The Kier molecular flexibility index (Phi) is 6.40. The van der Waals surface area contributed by atoms with Crippen molar-refractivity contribution in [2.24, 2.45) is 5.73 Å². The van der Waals surface area contributed by atoms with E-state index < -0.39 is 18.8 Å². The van der Waals surface area contributed by atoms with Gasteiger partial charge in [0.25, 0.3) is 5.91 Å². The smallest absolute Gasteiger partial charge is 0.526 e. The zero-order valence-electron chi connectivity index (χ0n) is 16.0. The first-order valence-electron chi connectivity index (χ1n) is 9.26. The van der Waals surface area contributed by atoms with Crippen LogP contribution in [0.1, 0.15) is 39.8 Å². The number of amides is 1. The summed E-state index contributed by atoms with van der Waals surface area (Å²) in [5, 5.41) is 20.4. The van der Waals surface area contributed by atoms with Crippen molar-refractivity contribution in [3.05, 3.63) is 41.2 Å². The van der Waals surface area contributed by atoms with E-state index in [0.717, 1.165) is 5.56 Å². The Morgan fingerprint density at radius 3 is 2.93 bits per heavy atom. The second-order valence-corrected chi connectivity index (χ2v) is 6.91. The molecule has 1 aromatic carbocycles. The summed E-state index contributed by atoms with van der Waals surface area (Å²) in [7, 11) is -1.19. The molecule has 4 N–H and O–H groups in total. The molecule has 1 amide bonds. The Labute approximate surface area is 167 Å². The van der Waals surface area contributed by atoms with Gasteiger partial charge >= 0.3 is 7.12 Å². The number of fused-ring (bicyclic) bond motifs is 1. The standard InChI is InChI=1S/C18H22BN5O5/c1-11(25)15-4-2-3-12-7-13(19(28)29-17(12)15)8-14(26)9-24-10-16(22-23-24)18(27)21-6-5-20/h2-4,10,13,28H,5-9,20H2,1H3,(H,21,27)/t13-/m1/s1. The molecule has 0 saturated heterocycles. The number of carbonyl (C=O) groups excluding carboxylic acids is 3. The molecule has 2 heterocycles. The molecule has 0 unspecified atom stereocenters. The van der Waals surface area contributed by atoms with Gasteiger partial charge in [0.05, 0.1) is 11.8 Å². The molecule has 1 aliphatic rings. The van der Waals surface area contributed by atoms with Crippen molar-refractivity contribution in [1.29, 1.82) is 0 Å². The Morgan fingerprint density at radius 2 is 2.21 bits per heavy atom. The van der Waals surface area contributed by atoms with Crippen LogP contribution in [0.2, 0.25) is 5.82 Å². The van der Waals surface area contributed by atoms with Gasteiger partial charge in [-0.2, -0.15) is 0 Å². The average Bonchev–Trinajstić information content (AvgIpc) is 3.14. The van der Waals surface area contributed by atoms with Crippen molar-refractivity contribution >= 4 is 24.6 Å². The number of nitrogens with two attached hydrogens (primary N) is 1. The van der Waals surface area contributed by atoms with Gasteiger partial charge in [-0.1, -0.05) is 17.3 Å². The first kappa shape index (κ1) is 20.7. The van der Waals surface area contributed by atoms with Gasteiger partial charge in [-0.3, -0.25) is 14.4 Å². The van der Waals surface area contributed by atoms with Crippen molar-refractivity contribution in [3.8, 4) is 5.75 Å². The van der Waals surface area contributed by atoms with E-state index in [-0.39, 0.29) is 30.2 Å². The third kappa shape index (κ3) is 4.87. The number of rotatable bonds is 8. The van der Waals surface area contributed by atoms with Crippen molar-refractivity contribution < 1.29 is 24.1 Å². The van der Waals surface area contributed by atoms with Crippen LogP contribution in [-0.2, 0) is 17.8 Å². The Morgan fingerprint density at radius 1 is 1.41 bits per heavy atom. The number of Topliss-reactive ketones (excluding diaryl/α,β-unsaturated/α-hetero) is 2. The summed E-state index contributed by atoms with van der Waals surface area (Å²) in [6, 6.07) is 5.21. The van der Waals surface area contributed by atoms with E-state index >= 15 is 0 Å². The lowest BCUT2D eigenvalue weighted by atomic mass is 9.64. The maximum Gasteiger partial charge on any atom is 0.526 e. The quantitative estimate of drug-likeness (QED) is 0.402. The molecule has 2 aromatic rings. The number of benzene rings is 1. The van der Waals surface area contributed by atoms with Crippen LogP contribution in [-0.4, -0.2) is 57.7 Å². The molecular formula is C18H22BN5O5. The number of ketones is 2. The lowest BCUT2D eigenvalue weighted by Crippen LogP contribution is -2.36. The van der Waals surface area contributed by atoms with Crippen LogP contribution in [0.3, 0.4) is 0 Å². The molecular weight excluding hydrogens is 377 g/mol. The molecule has 0 aliphatic carbocycles. The summed E-state index contributed by atoms with van der Waals surface area (Å²) in [4.78, 5) is 36.0. The summed E-state index contributed by atoms with van der Waals surface area (Å²) < 4.78 is 6.82. The predicted octanol–water partition coefficient (Wildman–Crippen LogP) is -0.386. The Hall–Kier alpha value is -3.05. The van der Waals surface area contributed by atoms with Gasteiger partial charge in [0.2, 0.25) is 0 Å². The summed E-state index contributed by atoms with van der Waals surface area (Å²) in [5.41, 5.74) is 6.62. The van der Waals surface area contributed by atoms with Crippen LogP contribution in [0, 0.1) is 0 Å². The molecule has 0 saturated carbocycles. The Bertz CT molecular complexity index is 931. The third-order valence-electron chi connectivity index (χ3n) is 4.63. The molecule has 0 fully saturated rings. The number of nitrogens with one attached hydrogen (secondary N) is 1. The molecule has 3 rings (SSSR count). The summed E-state index contributed by atoms with van der Waals surface area (Å²) in [5.74, 6) is -0.833. The molecule has 0 radical (unpaired) electrons. The van der Waals surface area contributed by atoms with Gasteiger partial charge in [-0.25, -0.2) is 4.68 Å². The highest BCUT2D eigenvalue weighted by atomic mass is 16.5. The van der Waals surface area contributed by atoms with E-state index in [4.69, 9.17) is 10.4 Å². The molecule has 1 aliphatic heterocycles. The molecule has 11 heteroatoms. The number of para-hydroxylation sites is 1. The molecule has 10 nitrogen and oxygen atoms in total. The van der Waals surface area contributed by atoms with Crippen LogP contribution in [0.5, 0.6) is 5.75 Å². The fourth-order valence-electron chi connectivity index (χ4n) is 3.23. The minimum absolute atomic E-state index is 0.0550. The molecule has 152 valence electrons. The summed E-state index contributed by atoms with van der Waals surface area (Å²) in [6.07, 6.45) is 1.85. The fourth-order valence-corrected chi connectivity index (χ4v) is 3.23. The Balaban J connectivity index is 1.62. The normalized spacial score (nSPS) is 15.4. The lowest BCUT2D eigenvalue weighted by molar-refractivity contribution is -0.120. The molecule has 1 aromatic heterocycles. The summed E-state index contributed by atoms with van der Waals surface area (Å²) >= 11 is 0. The molecule has 0 bridgehead atoms. The van der Waals surface area contributed by atoms with Gasteiger partial charge < -0.3 is 20.7 Å². The highest BCUT2D eigenvalue weighted by Crippen LogP contribution is 2.36. The van der Waals surface area contributed by atoms with E-state index in [1.165, 1.54) is 17.8 Å². The second-order valence-electron chi connectivity index (χ2n) is 6.91. The maximum atomic E-state index is 12.4. The average molecular weight is 399 g/mol. The largest absolute Gasteiger partial charge is 0.535 e. The number of nitrogens with zero attached hydrogens (tertiary/aromatic N) is 3. The topological polar surface area (TPSA) is 149 Å². The zero-order valence-corrected chi connectivity index (χ0v) is 16.0. The molecule has 1 atom stereocenters. The SMILES string of the molecule is CC(=O)c1cccc2c1OB(O)[C@@H](CC(=O)Cn1cc(C(=O)NCCN)nn1)C2. The van der Waals surface area contributed by atoms with Crippen molar-refractivity contribution in [2.45, 2.75) is 32.1 Å². The van der Waals surface area contributed by atoms with Gasteiger partial charge in [-0.15, -0.1) is 5.10 Å². The second kappa shape index (κ2) is 8.97. The number of carbonyl (C=O) groups is 3. The van der Waals surface area contributed by atoms with Crippen LogP contribution >= 0.6 is 0 Å². The van der Waals surface area contributed by atoms with Crippen molar-refractivity contribution in [3.63, 3.8) is 0 Å². The van der Waals surface area contributed by atoms with E-state index in [1.54, 1.807) is 12.1 Å². The van der Waals surface area contributed by atoms with E-state index in [0.29, 0.717) is 30.8 Å². The third-order valence-corrected chi connectivity index (χ3v) is 4.63. The number of aromatic nitrogens is 3. The monoisotopic (exact) mass is 399 g/mol. The van der Waals surface area contributed by atoms with Crippen LogP contribution in [0.25, 0.3) is 0 Å². The van der Waals surface area contributed by atoms with E-state index in [9.17, 15) is 19.4 Å². The van der Waals surface area contributed by atoms with Crippen molar-refractivity contribution in [2.75, 3.05) is 13.1 Å². The van der Waals surface area contributed by atoms with Crippen LogP contribution in [0.15, 0.2) is 24.4 Å². The van der Waals surface area contributed by atoms with Gasteiger partial charge in [0.1, 0.15) is 12.3 Å². The summed E-state index contributed by atoms with van der Waals surface area (Å²) in [6.45, 7) is 1.97. The molecule has 29 heavy (non-hydrogen) atoms. The first-order valence-corrected chi connectivity index (χ1v) is 9.26. The van der Waals surface area contributed by atoms with Crippen LogP contribution < -0.4 is 15.7 Å². The minimum atomic E-state index is -1.19.